The molecule has 0 aliphatic carbocycles. The summed E-state index contributed by atoms with van der Waals surface area (Å²) in [6, 6.07) is 11.9. The molecule has 2 aromatic rings. The summed E-state index contributed by atoms with van der Waals surface area (Å²) in [7, 11) is 0. The Kier molecular flexibility index (Phi) is 3.41. The number of halogens is 1. The van der Waals surface area contributed by atoms with Gasteiger partial charge in [-0.15, -0.1) is 11.3 Å². The summed E-state index contributed by atoms with van der Waals surface area (Å²) in [5, 5.41) is 2.74. The van der Waals surface area contributed by atoms with E-state index >= 15 is 0 Å². The zero-order chi connectivity index (χ0) is 11.5. The van der Waals surface area contributed by atoms with Crippen LogP contribution in [0.3, 0.4) is 0 Å². The summed E-state index contributed by atoms with van der Waals surface area (Å²) in [5.41, 5.74) is 1.98. The van der Waals surface area contributed by atoms with Crippen molar-refractivity contribution in [2.24, 2.45) is 0 Å². The van der Waals surface area contributed by atoms with E-state index in [1.165, 1.54) is 11.8 Å². The fraction of sp³-hybridized carbons (Fsp3) is 0.0833. The Bertz CT molecular complexity index is 504. The molecule has 0 bridgehead atoms. The molecule has 0 fully saturated rings. The highest BCUT2D eigenvalue weighted by atomic mass is 79.9. The maximum Gasteiger partial charge on any atom is 0.221 e. The van der Waals surface area contributed by atoms with Gasteiger partial charge in [0, 0.05) is 17.5 Å². The smallest absolute Gasteiger partial charge is 0.221 e. The molecule has 0 saturated heterocycles. The Hall–Kier alpha value is -1.13. The SMILES string of the molecule is CC(=O)Nc1ccc(-c2ccc(Br)s2)cc1. The van der Waals surface area contributed by atoms with Crippen LogP contribution in [0, 0.1) is 0 Å². The molecule has 1 heterocycles. The van der Waals surface area contributed by atoms with E-state index in [0.717, 1.165) is 15.0 Å². The van der Waals surface area contributed by atoms with E-state index in [0.29, 0.717) is 0 Å². The number of thiophene rings is 1. The number of carbonyl (C=O) groups is 1. The standard InChI is InChI=1S/C12H10BrNOS/c1-8(15)14-10-4-2-9(3-5-10)11-6-7-12(13)16-11/h2-7H,1H3,(H,14,15). The zero-order valence-electron chi connectivity index (χ0n) is 8.66. The monoisotopic (exact) mass is 295 g/mol. The summed E-state index contributed by atoms with van der Waals surface area (Å²) >= 11 is 5.13. The predicted octanol–water partition coefficient (Wildman–Crippen LogP) is 4.14. The first-order valence-electron chi connectivity index (χ1n) is 4.78. The number of anilines is 1. The molecule has 1 N–H and O–H groups in total. The van der Waals surface area contributed by atoms with Gasteiger partial charge >= 0.3 is 0 Å². The maximum atomic E-state index is 10.9. The first kappa shape index (κ1) is 11.4. The number of nitrogens with one attached hydrogen (secondary N) is 1. The summed E-state index contributed by atoms with van der Waals surface area (Å²) in [6.45, 7) is 1.50. The quantitative estimate of drug-likeness (QED) is 0.886. The van der Waals surface area contributed by atoms with Crippen molar-refractivity contribution in [3.63, 3.8) is 0 Å². The maximum absolute atomic E-state index is 10.9. The van der Waals surface area contributed by atoms with Crippen molar-refractivity contribution in [2.75, 3.05) is 5.32 Å². The van der Waals surface area contributed by atoms with Crippen LogP contribution < -0.4 is 5.32 Å². The normalized spacial score (nSPS) is 10.1. The summed E-state index contributed by atoms with van der Waals surface area (Å²) in [4.78, 5) is 12.1. The predicted molar refractivity (Wildman–Crippen MR) is 71.8 cm³/mol. The van der Waals surface area contributed by atoms with Crippen LogP contribution in [-0.2, 0) is 4.79 Å². The lowest BCUT2D eigenvalue weighted by Gasteiger charge is -2.02. The Labute approximate surface area is 106 Å². The molecule has 0 atom stereocenters. The van der Waals surface area contributed by atoms with Crippen molar-refractivity contribution < 1.29 is 4.79 Å². The molecule has 1 amide bonds. The molecule has 0 spiro atoms. The fourth-order valence-corrected chi connectivity index (χ4v) is 2.78. The lowest BCUT2D eigenvalue weighted by molar-refractivity contribution is -0.114. The molecule has 0 saturated carbocycles. The van der Waals surface area contributed by atoms with Gasteiger partial charge in [-0.05, 0) is 45.8 Å². The van der Waals surface area contributed by atoms with E-state index in [2.05, 4.69) is 27.3 Å². The average molecular weight is 296 g/mol. The largest absolute Gasteiger partial charge is 0.326 e. The van der Waals surface area contributed by atoms with E-state index < -0.39 is 0 Å². The van der Waals surface area contributed by atoms with E-state index in [4.69, 9.17) is 0 Å². The highest BCUT2D eigenvalue weighted by molar-refractivity contribution is 9.11. The van der Waals surface area contributed by atoms with E-state index in [9.17, 15) is 4.79 Å². The minimum absolute atomic E-state index is 0.0494. The Balaban J connectivity index is 2.22. The van der Waals surface area contributed by atoms with Gasteiger partial charge in [-0.2, -0.15) is 0 Å². The molecular weight excluding hydrogens is 286 g/mol. The molecule has 0 aliphatic heterocycles. The molecule has 4 heteroatoms. The minimum atomic E-state index is -0.0494. The Morgan fingerprint density at radius 1 is 1.19 bits per heavy atom. The van der Waals surface area contributed by atoms with Gasteiger partial charge in [0.1, 0.15) is 0 Å². The number of rotatable bonds is 2. The van der Waals surface area contributed by atoms with Gasteiger partial charge in [0.15, 0.2) is 0 Å². The van der Waals surface area contributed by atoms with E-state index in [-0.39, 0.29) is 5.91 Å². The third kappa shape index (κ3) is 2.71. The van der Waals surface area contributed by atoms with Crippen molar-refractivity contribution in [1.29, 1.82) is 0 Å². The van der Waals surface area contributed by atoms with Gasteiger partial charge in [-0.1, -0.05) is 12.1 Å². The Morgan fingerprint density at radius 2 is 1.88 bits per heavy atom. The number of amides is 1. The molecule has 1 aromatic carbocycles. The van der Waals surface area contributed by atoms with Gasteiger partial charge in [0.05, 0.1) is 3.79 Å². The average Bonchev–Trinajstić information content (AvgIpc) is 2.65. The summed E-state index contributed by atoms with van der Waals surface area (Å²) < 4.78 is 1.12. The van der Waals surface area contributed by atoms with Crippen molar-refractivity contribution >= 4 is 38.9 Å². The van der Waals surface area contributed by atoms with Gasteiger partial charge in [-0.25, -0.2) is 0 Å². The van der Waals surface area contributed by atoms with Crippen LogP contribution in [-0.4, -0.2) is 5.91 Å². The van der Waals surface area contributed by atoms with Crippen LogP contribution >= 0.6 is 27.3 Å². The van der Waals surface area contributed by atoms with Crippen molar-refractivity contribution in [2.45, 2.75) is 6.92 Å². The van der Waals surface area contributed by atoms with E-state index in [1.54, 1.807) is 11.3 Å². The Morgan fingerprint density at radius 3 is 2.38 bits per heavy atom. The zero-order valence-corrected chi connectivity index (χ0v) is 11.1. The van der Waals surface area contributed by atoms with Crippen molar-refractivity contribution in [3.05, 3.63) is 40.2 Å². The molecule has 0 unspecified atom stereocenters. The third-order valence-electron chi connectivity index (χ3n) is 2.06. The number of carbonyl (C=O) groups excluding carboxylic acids is 1. The molecule has 0 radical (unpaired) electrons. The fourth-order valence-electron chi connectivity index (χ4n) is 1.39. The third-order valence-corrected chi connectivity index (χ3v) is 3.74. The molecular formula is C12H10BrNOS. The summed E-state index contributed by atoms with van der Waals surface area (Å²) in [6.07, 6.45) is 0. The minimum Gasteiger partial charge on any atom is -0.326 e. The first-order chi connectivity index (χ1) is 7.65. The van der Waals surface area contributed by atoms with Crippen LogP contribution in [0.15, 0.2) is 40.2 Å². The highest BCUT2D eigenvalue weighted by Crippen LogP contribution is 2.31. The highest BCUT2D eigenvalue weighted by Gasteiger charge is 2.01. The van der Waals surface area contributed by atoms with Crippen LogP contribution in [0.1, 0.15) is 6.92 Å². The molecule has 1 aromatic heterocycles. The van der Waals surface area contributed by atoms with Crippen molar-refractivity contribution in [3.8, 4) is 10.4 Å². The van der Waals surface area contributed by atoms with E-state index in [1.807, 2.05) is 30.3 Å². The second-order valence-corrected chi connectivity index (χ2v) is 5.83. The van der Waals surface area contributed by atoms with Crippen LogP contribution in [0.2, 0.25) is 0 Å². The number of hydrogen-bond donors (Lipinski definition) is 1. The second-order valence-electron chi connectivity index (χ2n) is 3.36. The summed E-state index contributed by atoms with van der Waals surface area (Å²) in [5.74, 6) is -0.0494. The topological polar surface area (TPSA) is 29.1 Å². The van der Waals surface area contributed by atoms with Gasteiger partial charge in [-0.3, -0.25) is 4.79 Å². The number of benzene rings is 1. The van der Waals surface area contributed by atoms with Gasteiger partial charge in [0.2, 0.25) is 5.91 Å². The molecule has 0 aliphatic rings. The molecule has 2 rings (SSSR count). The lowest BCUT2D eigenvalue weighted by Crippen LogP contribution is -2.05. The van der Waals surface area contributed by atoms with Crippen molar-refractivity contribution in [1.82, 2.24) is 0 Å². The van der Waals surface area contributed by atoms with Crippen LogP contribution in [0.4, 0.5) is 5.69 Å². The molecule has 82 valence electrons. The second kappa shape index (κ2) is 4.80. The van der Waals surface area contributed by atoms with Gasteiger partial charge < -0.3 is 5.32 Å². The molecule has 16 heavy (non-hydrogen) atoms. The first-order valence-corrected chi connectivity index (χ1v) is 6.39. The van der Waals surface area contributed by atoms with Crippen LogP contribution in [0.25, 0.3) is 10.4 Å². The lowest BCUT2D eigenvalue weighted by atomic mass is 10.2. The molecule has 2 nitrogen and oxygen atoms in total. The van der Waals surface area contributed by atoms with Crippen LogP contribution in [0.5, 0.6) is 0 Å². The van der Waals surface area contributed by atoms with Gasteiger partial charge in [0.25, 0.3) is 0 Å². The number of hydrogen-bond acceptors (Lipinski definition) is 2.